The quantitative estimate of drug-likeness (QED) is 0.744. The minimum atomic E-state index is 0.279. The SMILES string of the molecule is N[C@H]1C[C@@H]1c1cccc(Cl)c1Cl. The highest BCUT2D eigenvalue weighted by Crippen LogP contribution is 2.43. The van der Waals surface area contributed by atoms with Gasteiger partial charge in [-0.15, -0.1) is 0 Å². The topological polar surface area (TPSA) is 26.0 Å². The molecule has 1 nitrogen and oxygen atoms in total. The molecule has 0 aliphatic heterocycles. The maximum Gasteiger partial charge on any atom is 0.0627 e. The monoisotopic (exact) mass is 201 g/mol. The van der Waals surface area contributed by atoms with Crippen LogP contribution in [0.1, 0.15) is 17.9 Å². The second kappa shape index (κ2) is 2.91. The first-order valence-electron chi connectivity index (χ1n) is 3.89. The standard InChI is InChI=1S/C9H9Cl2N/c10-7-3-1-2-5(9(7)11)6-4-8(6)12/h1-3,6,8H,4,12H2/t6-,8+/m1/s1. The van der Waals surface area contributed by atoms with Crippen LogP contribution >= 0.6 is 23.2 Å². The fraction of sp³-hybridized carbons (Fsp3) is 0.333. The Bertz CT molecular complexity index is 311. The molecular weight excluding hydrogens is 193 g/mol. The zero-order valence-electron chi connectivity index (χ0n) is 6.43. The number of benzene rings is 1. The lowest BCUT2D eigenvalue weighted by Gasteiger charge is -2.02. The summed E-state index contributed by atoms with van der Waals surface area (Å²) < 4.78 is 0. The highest BCUT2D eigenvalue weighted by atomic mass is 35.5. The van der Waals surface area contributed by atoms with Crippen LogP contribution in [0.15, 0.2) is 18.2 Å². The number of rotatable bonds is 1. The van der Waals surface area contributed by atoms with Crippen molar-refractivity contribution in [1.29, 1.82) is 0 Å². The van der Waals surface area contributed by atoms with Crippen LogP contribution < -0.4 is 5.73 Å². The Balaban J connectivity index is 2.38. The van der Waals surface area contributed by atoms with E-state index < -0.39 is 0 Å². The van der Waals surface area contributed by atoms with Gasteiger partial charge in [0.25, 0.3) is 0 Å². The molecule has 1 aromatic carbocycles. The number of halogens is 2. The smallest absolute Gasteiger partial charge is 0.0627 e. The second-order valence-corrected chi connectivity index (χ2v) is 3.93. The molecule has 0 saturated heterocycles. The first-order valence-corrected chi connectivity index (χ1v) is 4.65. The van der Waals surface area contributed by atoms with E-state index in [0.29, 0.717) is 16.0 Å². The van der Waals surface area contributed by atoms with Gasteiger partial charge < -0.3 is 5.73 Å². The summed E-state index contributed by atoms with van der Waals surface area (Å²) >= 11 is 11.9. The summed E-state index contributed by atoms with van der Waals surface area (Å²) in [7, 11) is 0. The lowest BCUT2D eigenvalue weighted by Crippen LogP contribution is -2.01. The van der Waals surface area contributed by atoms with Crippen LogP contribution in [0.2, 0.25) is 10.0 Å². The highest BCUT2D eigenvalue weighted by Gasteiger charge is 2.36. The van der Waals surface area contributed by atoms with E-state index in [9.17, 15) is 0 Å². The van der Waals surface area contributed by atoms with Crippen LogP contribution in [0.3, 0.4) is 0 Å². The van der Waals surface area contributed by atoms with Crippen LogP contribution in [-0.2, 0) is 0 Å². The Hall–Kier alpha value is -0.240. The minimum absolute atomic E-state index is 0.279. The molecule has 0 bridgehead atoms. The van der Waals surface area contributed by atoms with Crippen LogP contribution in [0.4, 0.5) is 0 Å². The molecule has 0 unspecified atom stereocenters. The molecule has 2 N–H and O–H groups in total. The fourth-order valence-electron chi connectivity index (χ4n) is 1.38. The van der Waals surface area contributed by atoms with Gasteiger partial charge in [-0.1, -0.05) is 35.3 Å². The minimum Gasteiger partial charge on any atom is -0.327 e. The van der Waals surface area contributed by atoms with Crippen molar-refractivity contribution >= 4 is 23.2 Å². The molecule has 1 aliphatic rings. The third kappa shape index (κ3) is 1.33. The lowest BCUT2D eigenvalue weighted by molar-refractivity contribution is 0.991. The van der Waals surface area contributed by atoms with Crippen molar-refractivity contribution in [3.05, 3.63) is 33.8 Å². The van der Waals surface area contributed by atoms with Crippen molar-refractivity contribution < 1.29 is 0 Å². The molecule has 1 saturated carbocycles. The van der Waals surface area contributed by atoms with E-state index >= 15 is 0 Å². The summed E-state index contributed by atoms with van der Waals surface area (Å²) in [6.45, 7) is 0. The maximum absolute atomic E-state index is 6.01. The third-order valence-electron chi connectivity index (χ3n) is 2.22. The van der Waals surface area contributed by atoms with E-state index in [1.54, 1.807) is 6.07 Å². The Morgan fingerprint density at radius 2 is 2.00 bits per heavy atom. The molecule has 1 aliphatic carbocycles. The summed E-state index contributed by atoms with van der Waals surface area (Å²) in [6, 6.07) is 5.97. The van der Waals surface area contributed by atoms with Crippen LogP contribution in [0.25, 0.3) is 0 Å². The molecule has 0 heterocycles. The van der Waals surface area contributed by atoms with Crippen LogP contribution in [-0.4, -0.2) is 6.04 Å². The van der Waals surface area contributed by atoms with Gasteiger partial charge in [-0.2, -0.15) is 0 Å². The Morgan fingerprint density at radius 1 is 1.33 bits per heavy atom. The van der Waals surface area contributed by atoms with Gasteiger partial charge in [0.1, 0.15) is 0 Å². The molecule has 2 rings (SSSR count). The van der Waals surface area contributed by atoms with Gasteiger partial charge in [-0.05, 0) is 18.1 Å². The van der Waals surface area contributed by atoms with E-state index in [2.05, 4.69) is 0 Å². The van der Waals surface area contributed by atoms with Crippen LogP contribution in [0.5, 0.6) is 0 Å². The summed E-state index contributed by atoms with van der Waals surface area (Å²) in [4.78, 5) is 0. The van der Waals surface area contributed by atoms with Crippen molar-refractivity contribution in [1.82, 2.24) is 0 Å². The van der Waals surface area contributed by atoms with Gasteiger partial charge in [-0.25, -0.2) is 0 Å². The molecule has 0 amide bonds. The average Bonchev–Trinajstić information content (AvgIpc) is 2.73. The third-order valence-corrected chi connectivity index (χ3v) is 3.05. The molecule has 3 heteroatoms. The fourth-order valence-corrected chi connectivity index (χ4v) is 1.83. The normalized spacial score (nSPS) is 27.2. The van der Waals surface area contributed by atoms with Gasteiger partial charge in [0, 0.05) is 12.0 Å². The Kier molecular flexibility index (Phi) is 2.03. The van der Waals surface area contributed by atoms with Crippen molar-refractivity contribution in [3.8, 4) is 0 Å². The van der Waals surface area contributed by atoms with Gasteiger partial charge in [-0.3, -0.25) is 0 Å². The Morgan fingerprint density at radius 3 is 2.58 bits per heavy atom. The van der Waals surface area contributed by atoms with Crippen molar-refractivity contribution in [2.24, 2.45) is 5.73 Å². The van der Waals surface area contributed by atoms with Gasteiger partial charge >= 0.3 is 0 Å². The second-order valence-electron chi connectivity index (χ2n) is 3.15. The predicted octanol–water partition coefficient (Wildman–Crippen LogP) is 2.81. The number of hydrogen-bond donors (Lipinski definition) is 1. The largest absolute Gasteiger partial charge is 0.327 e. The predicted molar refractivity (Wildman–Crippen MR) is 51.8 cm³/mol. The molecule has 1 fully saturated rings. The molecule has 0 spiro atoms. The van der Waals surface area contributed by atoms with Crippen molar-refractivity contribution in [3.63, 3.8) is 0 Å². The van der Waals surface area contributed by atoms with E-state index in [0.717, 1.165) is 12.0 Å². The molecule has 64 valence electrons. The van der Waals surface area contributed by atoms with Gasteiger partial charge in [0.2, 0.25) is 0 Å². The highest BCUT2D eigenvalue weighted by molar-refractivity contribution is 6.42. The van der Waals surface area contributed by atoms with Crippen LogP contribution in [0, 0.1) is 0 Å². The maximum atomic E-state index is 6.01. The zero-order chi connectivity index (χ0) is 8.72. The van der Waals surface area contributed by atoms with E-state index in [-0.39, 0.29) is 6.04 Å². The van der Waals surface area contributed by atoms with E-state index in [1.165, 1.54) is 0 Å². The molecule has 12 heavy (non-hydrogen) atoms. The average molecular weight is 202 g/mol. The lowest BCUT2D eigenvalue weighted by atomic mass is 10.1. The first-order chi connectivity index (χ1) is 5.70. The van der Waals surface area contributed by atoms with Crippen molar-refractivity contribution in [2.45, 2.75) is 18.4 Å². The number of hydrogen-bond acceptors (Lipinski definition) is 1. The molecule has 0 aromatic heterocycles. The number of nitrogens with two attached hydrogens (primary N) is 1. The Labute approximate surface area is 81.5 Å². The molecular formula is C9H9Cl2N. The summed E-state index contributed by atoms with van der Waals surface area (Å²) in [6.07, 6.45) is 1.03. The molecule has 0 radical (unpaired) electrons. The molecule has 2 atom stereocenters. The summed E-state index contributed by atoms with van der Waals surface area (Å²) in [5.74, 6) is 0.427. The van der Waals surface area contributed by atoms with Gasteiger partial charge in [0.15, 0.2) is 0 Å². The van der Waals surface area contributed by atoms with E-state index in [1.807, 2.05) is 12.1 Å². The molecule has 1 aromatic rings. The first kappa shape index (κ1) is 8.36. The van der Waals surface area contributed by atoms with Crippen molar-refractivity contribution in [2.75, 3.05) is 0 Å². The van der Waals surface area contributed by atoms with Gasteiger partial charge in [0.05, 0.1) is 10.0 Å². The summed E-state index contributed by atoms with van der Waals surface area (Å²) in [5.41, 5.74) is 6.81. The van der Waals surface area contributed by atoms with E-state index in [4.69, 9.17) is 28.9 Å². The zero-order valence-corrected chi connectivity index (χ0v) is 7.94. The summed E-state index contributed by atoms with van der Waals surface area (Å²) in [5, 5.41) is 1.28.